The summed E-state index contributed by atoms with van der Waals surface area (Å²) in [6, 6.07) is 80.7. The Morgan fingerprint density at radius 2 is 0.690 bits per heavy atom. The molecule has 0 aliphatic rings. The number of rotatable bonds is 7. The predicted octanol–water partition coefficient (Wildman–Crippen LogP) is 16.0. The molecular formula is C56H37NO. The zero-order valence-corrected chi connectivity index (χ0v) is 31.7. The molecular weight excluding hydrogens is 703 g/mol. The van der Waals surface area contributed by atoms with Crippen molar-refractivity contribution in [2.24, 2.45) is 0 Å². The lowest BCUT2D eigenvalue weighted by atomic mass is 9.95. The summed E-state index contributed by atoms with van der Waals surface area (Å²) in [6.45, 7) is 0. The Kier molecular flexibility index (Phi) is 8.19. The van der Waals surface area contributed by atoms with E-state index < -0.39 is 0 Å². The third-order valence-corrected chi connectivity index (χ3v) is 11.5. The van der Waals surface area contributed by atoms with E-state index in [1.165, 1.54) is 66.1 Å². The van der Waals surface area contributed by atoms with Crippen LogP contribution in [0.2, 0.25) is 0 Å². The molecule has 0 atom stereocenters. The molecule has 1 aromatic heterocycles. The third kappa shape index (κ3) is 6.00. The topological polar surface area (TPSA) is 16.4 Å². The highest BCUT2D eigenvalue weighted by molar-refractivity contribution is 6.06. The predicted molar refractivity (Wildman–Crippen MR) is 245 cm³/mol. The van der Waals surface area contributed by atoms with Crippen molar-refractivity contribution in [3.8, 4) is 44.5 Å². The zero-order chi connectivity index (χ0) is 38.4. The van der Waals surface area contributed by atoms with E-state index in [1.54, 1.807) is 0 Å². The van der Waals surface area contributed by atoms with Gasteiger partial charge in [-0.3, -0.25) is 0 Å². The summed E-state index contributed by atoms with van der Waals surface area (Å²) in [5.74, 6) is 0. The van der Waals surface area contributed by atoms with E-state index in [9.17, 15) is 0 Å². The fourth-order valence-electron chi connectivity index (χ4n) is 8.59. The molecule has 272 valence electrons. The molecule has 58 heavy (non-hydrogen) atoms. The lowest BCUT2D eigenvalue weighted by Gasteiger charge is -2.26. The second-order valence-corrected chi connectivity index (χ2v) is 14.9. The van der Waals surface area contributed by atoms with Gasteiger partial charge in [-0.25, -0.2) is 0 Å². The van der Waals surface area contributed by atoms with E-state index in [-0.39, 0.29) is 0 Å². The molecule has 11 aromatic rings. The number of hydrogen-bond acceptors (Lipinski definition) is 2. The summed E-state index contributed by atoms with van der Waals surface area (Å²) in [6.07, 6.45) is 0. The van der Waals surface area contributed by atoms with E-state index >= 15 is 0 Å². The van der Waals surface area contributed by atoms with Gasteiger partial charge in [0.25, 0.3) is 0 Å². The standard InChI is InChI=1S/C56H37NO/c1-3-19-49-40(11-1)13-9-22-51(49)44-17-7-15-42(35-44)38-25-29-46(30-26-38)57(48-33-34-54-53-21-5-6-24-55(53)58-56(54)37-48)47-31-27-39(28-32-47)43-16-8-18-45(36-43)52-23-10-14-41-12-2-4-20-50(41)52/h1-37H. The maximum absolute atomic E-state index is 6.39. The molecule has 2 nitrogen and oxygen atoms in total. The second kappa shape index (κ2) is 14.1. The van der Waals surface area contributed by atoms with Crippen LogP contribution < -0.4 is 4.90 Å². The quantitative estimate of drug-likeness (QED) is 0.162. The second-order valence-electron chi connectivity index (χ2n) is 14.9. The summed E-state index contributed by atoms with van der Waals surface area (Å²) in [5, 5.41) is 7.26. The van der Waals surface area contributed by atoms with Gasteiger partial charge in [-0.1, -0.05) is 164 Å². The number of hydrogen-bond donors (Lipinski definition) is 0. The number of anilines is 3. The molecule has 0 bridgehead atoms. The molecule has 0 saturated carbocycles. The van der Waals surface area contributed by atoms with Crippen molar-refractivity contribution in [3.05, 3.63) is 224 Å². The Morgan fingerprint density at radius 3 is 1.26 bits per heavy atom. The van der Waals surface area contributed by atoms with Crippen molar-refractivity contribution in [2.45, 2.75) is 0 Å². The summed E-state index contributed by atoms with van der Waals surface area (Å²) >= 11 is 0. The largest absolute Gasteiger partial charge is 0.456 e. The van der Waals surface area contributed by atoms with E-state index in [4.69, 9.17) is 4.42 Å². The third-order valence-electron chi connectivity index (χ3n) is 11.5. The number of fused-ring (bicyclic) bond motifs is 5. The molecule has 10 aromatic carbocycles. The fraction of sp³-hybridized carbons (Fsp3) is 0. The molecule has 0 amide bonds. The molecule has 0 aliphatic heterocycles. The Labute approximate surface area is 337 Å². The number of para-hydroxylation sites is 1. The minimum Gasteiger partial charge on any atom is -0.456 e. The van der Waals surface area contributed by atoms with Crippen LogP contribution in [0.5, 0.6) is 0 Å². The van der Waals surface area contributed by atoms with Crippen molar-refractivity contribution < 1.29 is 4.42 Å². The Morgan fingerprint density at radius 1 is 0.259 bits per heavy atom. The normalized spacial score (nSPS) is 11.4. The van der Waals surface area contributed by atoms with Crippen molar-refractivity contribution in [1.29, 1.82) is 0 Å². The molecule has 0 radical (unpaired) electrons. The Bertz CT molecular complexity index is 3110. The van der Waals surface area contributed by atoms with Crippen LogP contribution in [0.15, 0.2) is 229 Å². The zero-order valence-electron chi connectivity index (χ0n) is 31.7. The van der Waals surface area contributed by atoms with Gasteiger partial charge < -0.3 is 9.32 Å². The average molecular weight is 740 g/mol. The van der Waals surface area contributed by atoms with Crippen LogP contribution in [0.25, 0.3) is 88.0 Å². The summed E-state index contributed by atoms with van der Waals surface area (Å²) in [7, 11) is 0. The highest BCUT2D eigenvalue weighted by Gasteiger charge is 2.17. The van der Waals surface area contributed by atoms with E-state index in [0.29, 0.717) is 0 Å². The van der Waals surface area contributed by atoms with Crippen LogP contribution in [-0.2, 0) is 0 Å². The van der Waals surface area contributed by atoms with Crippen molar-refractivity contribution in [2.75, 3.05) is 4.90 Å². The molecule has 0 spiro atoms. The molecule has 0 N–H and O–H groups in total. The van der Waals surface area contributed by atoms with Gasteiger partial charge in [-0.2, -0.15) is 0 Å². The lowest BCUT2D eigenvalue weighted by Crippen LogP contribution is -2.09. The Balaban J connectivity index is 0.969. The molecule has 0 unspecified atom stereocenters. The van der Waals surface area contributed by atoms with E-state index in [1.807, 2.05) is 12.1 Å². The van der Waals surface area contributed by atoms with Gasteiger partial charge in [0, 0.05) is 33.9 Å². The molecule has 0 fully saturated rings. The molecule has 1 heterocycles. The first-order valence-corrected chi connectivity index (χ1v) is 19.8. The highest BCUT2D eigenvalue weighted by atomic mass is 16.3. The monoisotopic (exact) mass is 739 g/mol. The van der Waals surface area contributed by atoms with Crippen LogP contribution in [0.4, 0.5) is 17.1 Å². The number of furan rings is 1. The smallest absolute Gasteiger partial charge is 0.137 e. The van der Waals surface area contributed by atoms with Crippen molar-refractivity contribution >= 4 is 60.5 Å². The van der Waals surface area contributed by atoms with Gasteiger partial charge in [0.1, 0.15) is 11.2 Å². The van der Waals surface area contributed by atoms with Gasteiger partial charge in [-0.05, 0) is 121 Å². The maximum atomic E-state index is 6.39. The van der Waals surface area contributed by atoms with Gasteiger partial charge in [0.05, 0.1) is 0 Å². The van der Waals surface area contributed by atoms with Gasteiger partial charge in [-0.15, -0.1) is 0 Å². The molecule has 2 heteroatoms. The van der Waals surface area contributed by atoms with Crippen molar-refractivity contribution in [1.82, 2.24) is 0 Å². The maximum Gasteiger partial charge on any atom is 0.137 e. The molecule has 0 saturated heterocycles. The SMILES string of the molecule is c1cc(-c2ccc(N(c3ccc(-c4cccc(-c5cccc6ccccc56)c4)cc3)c3ccc4c(c3)oc3ccccc34)cc2)cc(-c2cccc3ccccc23)c1. The summed E-state index contributed by atoms with van der Waals surface area (Å²) in [5.41, 5.74) is 14.5. The van der Waals surface area contributed by atoms with Gasteiger partial charge in [0.2, 0.25) is 0 Å². The van der Waals surface area contributed by atoms with Gasteiger partial charge >= 0.3 is 0 Å². The van der Waals surface area contributed by atoms with E-state index in [2.05, 4.69) is 217 Å². The first kappa shape index (κ1) is 33.6. The van der Waals surface area contributed by atoms with Gasteiger partial charge in [0.15, 0.2) is 0 Å². The van der Waals surface area contributed by atoms with E-state index in [0.717, 1.165) is 39.0 Å². The first-order chi connectivity index (χ1) is 28.7. The molecule has 0 aliphatic carbocycles. The lowest BCUT2D eigenvalue weighted by molar-refractivity contribution is 0.669. The minimum absolute atomic E-state index is 0.868. The van der Waals surface area contributed by atoms with Crippen LogP contribution in [0.3, 0.4) is 0 Å². The number of nitrogens with zero attached hydrogens (tertiary/aromatic N) is 1. The minimum atomic E-state index is 0.868. The summed E-state index contributed by atoms with van der Waals surface area (Å²) < 4.78 is 6.39. The Hall–Kier alpha value is -7.68. The summed E-state index contributed by atoms with van der Waals surface area (Å²) in [4.78, 5) is 2.32. The fourth-order valence-corrected chi connectivity index (χ4v) is 8.59. The van der Waals surface area contributed by atoms with Crippen LogP contribution in [-0.4, -0.2) is 0 Å². The van der Waals surface area contributed by atoms with Crippen molar-refractivity contribution in [3.63, 3.8) is 0 Å². The number of benzene rings is 10. The van der Waals surface area contributed by atoms with Crippen LogP contribution in [0, 0.1) is 0 Å². The van der Waals surface area contributed by atoms with Crippen LogP contribution >= 0.6 is 0 Å². The van der Waals surface area contributed by atoms with Crippen LogP contribution in [0.1, 0.15) is 0 Å². The average Bonchev–Trinajstić information content (AvgIpc) is 3.67. The molecule has 11 rings (SSSR count). The highest BCUT2D eigenvalue weighted by Crippen LogP contribution is 2.41. The first-order valence-electron chi connectivity index (χ1n) is 19.8.